The van der Waals surface area contributed by atoms with Crippen molar-refractivity contribution >= 4 is 0 Å². The van der Waals surface area contributed by atoms with E-state index in [0.717, 1.165) is 43.5 Å². The Morgan fingerprint density at radius 2 is 1.29 bits per heavy atom. The van der Waals surface area contributed by atoms with Crippen molar-refractivity contribution in [2.75, 3.05) is 19.6 Å². The molecule has 2 nitrogen and oxygen atoms in total. The van der Waals surface area contributed by atoms with Crippen LogP contribution >= 0.6 is 0 Å². The second-order valence-electron chi connectivity index (χ2n) is 6.92. The van der Waals surface area contributed by atoms with Gasteiger partial charge in [-0.25, -0.2) is 0 Å². The fraction of sp³-hybridized carbons (Fsp3) is 0.684. The van der Waals surface area contributed by atoms with Crippen molar-refractivity contribution in [1.29, 1.82) is 0 Å². The average Bonchev–Trinajstić information content (AvgIpc) is 2.46. The molecule has 0 aliphatic carbocycles. The zero-order chi connectivity index (χ0) is 15.7. The van der Waals surface area contributed by atoms with Crippen LogP contribution in [0.25, 0.3) is 0 Å². The van der Waals surface area contributed by atoms with E-state index in [1.54, 1.807) is 0 Å². The van der Waals surface area contributed by atoms with E-state index < -0.39 is 0 Å². The van der Waals surface area contributed by atoms with Gasteiger partial charge in [-0.15, -0.1) is 0 Å². The lowest BCUT2D eigenvalue weighted by Crippen LogP contribution is -2.29. The van der Waals surface area contributed by atoms with Crippen molar-refractivity contribution in [3.05, 3.63) is 35.9 Å². The largest absolute Gasteiger partial charge is 0.388 e. The molecule has 1 N–H and O–H groups in total. The minimum atomic E-state index is -0.341. The second-order valence-corrected chi connectivity index (χ2v) is 6.92. The number of benzene rings is 1. The van der Waals surface area contributed by atoms with Gasteiger partial charge in [0.05, 0.1) is 6.10 Å². The normalized spacial score (nSPS) is 13.3. The maximum Gasteiger partial charge on any atom is 0.0802 e. The lowest BCUT2D eigenvalue weighted by Gasteiger charge is -2.25. The number of rotatable bonds is 10. The molecule has 0 saturated carbocycles. The Hall–Kier alpha value is -0.860. The van der Waals surface area contributed by atoms with Crippen LogP contribution in [-0.2, 0) is 0 Å². The number of aliphatic hydroxyl groups excluding tert-OH is 1. The molecule has 0 heterocycles. The molecule has 0 bridgehead atoms. The Morgan fingerprint density at radius 3 is 1.76 bits per heavy atom. The van der Waals surface area contributed by atoms with E-state index in [1.165, 1.54) is 12.8 Å². The maximum absolute atomic E-state index is 10.3. The molecule has 1 aromatic rings. The SMILES string of the molecule is CC(C)CCN(CCC(C)C)CCC(O)c1ccccc1. The number of aliphatic hydroxyl groups is 1. The van der Waals surface area contributed by atoms with Crippen LogP contribution in [-0.4, -0.2) is 29.6 Å². The van der Waals surface area contributed by atoms with Gasteiger partial charge in [0, 0.05) is 6.54 Å². The van der Waals surface area contributed by atoms with Crippen LogP contribution in [0.1, 0.15) is 58.6 Å². The minimum Gasteiger partial charge on any atom is -0.388 e. The predicted molar refractivity (Wildman–Crippen MR) is 91.4 cm³/mol. The highest BCUT2D eigenvalue weighted by Crippen LogP contribution is 2.17. The summed E-state index contributed by atoms with van der Waals surface area (Å²) in [5, 5.41) is 10.3. The van der Waals surface area contributed by atoms with Crippen molar-refractivity contribution in [3.8, 4) is 0 Å². The van der Waals surface area contributed by atoms with Gasteiger partial charge >= 0.3 is 0 Å². The molecule has 21 heavy (non-hydrogen) atoms. The summed E-state index contributed by atoms with van der Waals surface area (Å²) < 4.78 is 0. The predicted octanol–water partition coefficient (Wildman–Crippen LogP) is 4.50. The van der Waals surface area contributed by atoms with Crippen molar-refractivity contribution < 1.29 is 5.11 Å². The van der Waals surface area contributed by atoms with E-state index in [-0.39, 0.29) is 6.10 Å². The van der Waals surface area contributed by atoms with Crippen LogP contribution in [0.2, 0.25) is 0 Å². The van der Waals surface area contributed by atoms with E-state index in [9.17, 15) is 5.11 Å². The van der Waals surface area contributed by atoms with Gasteiger partial charge in [0.1, 0.15) is 0 Å². The molecule has 1 rings (SSSR count). The lowest BCUT2D eigenvalue weighted by molar-refractivity contribution is 0.137. The van der Waals surface area contributed by atoms with Gasteiger partial charge < -0.3 is 10.0 Å². The summed E-state index contributed by atoms with van der Waals surface area (Å²) in [4.78, 5) is 2.52. The summed E-state index contributed by atoms with van der Waals surface area (Å²) in [7, 11) is 0. The topological polar surface area (TPSA) is 23.5 Å². The molecule has 0 amide bonds. The van der Waals surface area contributed by atoms with Gasteiger partial charge in [-0.2, -0.15) is 0 Å². The van der Waals surface area contributed by atoms with Crippen LogP contribution < -0.4 is 0 Å². The van der Waals surface area contributed by atoms with Gasteiger partial charge in [-0.05, 0) is 49.8 Å². The Labute approximate surface area is 131 Å². The summed E-state index contributed by atoms with van der Waals surface area (Å²) in [5.74, 6) is 1.48. The highest BCUT2D eigenvalue weighted by molar-refractivity contribution is 5.17. The third-order valence-corrected chi connectivity index (χ3v) is 3.95. The van der Waals surface area contributed by atoms with Crippen molar-refractivity contribution in [2.24, 2.45) is 11.8 Å². The van der Waals surface area contributed by atoms with E-state index in [4.69, 9.17) is 0 Å². The zero-order valence-electron chi connectivity index (χ0n) is 14.3. The van der Waals surface area contributed by atoms with E-state index in [2.05, 4.69) is 32.6 Å². The van der Waals surface area contributed by atoms with Crippen molar-refractivity contribution in [3.63, 3.8) is 0 Å². The summed E-state index contributed by atoms with van der Waals surface area (Å²) in [6, 6.07) is 10.0. The molecule has 0 aliphatic rings. The van der Waals surface area contributed by atoms with Gasteiger partial charge in [-0.3, -0.25) is 0 Å². The van der Waals surface area contributed by atoms with Crippen LogP contribution in [0.3, 0.4) is 0 Å². The first kappa shape index (κ1) is 18.2. The first-order valence-corrected chi connectivity index (χ1v) is 8.44. The second kappa shape index (κ2) is 9.97. The summed E-state index contributed by atoms with van der Waals surface area (Å²) in [6.45, 7) is 12.4. The third kappa shape index (κ3) is 8.23. The molecule has 1 atom stereocenters. The summed E-state index contributed by atoms with van der Waals surface area (Å²) in [6.07, 6.45) is 2.95. The van der Waals surface area contributed by atoms with E-state index >= 15 is 0 Å². The number of hydrogen-bond acceptors (Lipinski definition) is 2. The van der Waals surface area contributed by atoms with Crippen LogP contribution in [0, 0.1) is 11.8 Å². The lowest BCUT2D eigenvalue weighted by atomic mass is 10.1. The maximum atomic E-state index is 10.3. The average molecular weight is 291 g/mol. The first-order chi connectivity index (χ1) is 9.99. The fourth-order valence-electron chi connectivity index (χ4n) is 2.36. The van der Waals surface area contributed by atoms with E-state index in [1.807, 2.05) is 30.3 Å². The standard InChI is InChI=1S/C19H33NO/c1-16(2)10-13-20(14-11-17(3)4)15-12-19(21)18-8-6-5-7-9-18/h5-9,16-17,19,21H,10-15H2,1-4H3. The Morgan fingerprint density at radius 1 is 0.810 bits per heavy atom. The molecular weight excluding hydrogens is 258 g/mol. The third-order valence-electron chi connectivity index (χ3n) is 3.95. The van der Waals surface area contributed by atoms with Gasteiger partial charge in [-0.1, -0.05) is 58.0 Å². The Bertz CT molecular complexity index is 349. The molecule has 0 saturated heterocycles. The van der Waals surface area contributed by atoms with Crippen LogP contribution in [0.15, 0.2) is 30.3 Å². The fourth-order valence-corrected chi connectivity index (χ4v) is 2.36. The van der Waals surface area contributed by atoms with Gasteiger partial charge in [0.25, 0.3) is 0 Å². The molecule has 0 aliphatic heterocycles. The van der Waals surface area contributed by atoms with Gasteiger partial charge in [0.15, 0.2) is 0 Å². The summed E-state index contributed by atoms with van der Waals surface area (Å²) >= 11 is 0. The molecule has 0 aromatic heterocycles. The number of nitrogens with zero attached hydrogens (tertiary/aromatic N) is 1. The van der Waals surface area contributed by atoms with Crippen LogP contribution in [0.5, 0.6) is 0 Å². The monoisotopic (exact) mass is 291 g/mol. The Kier molecular flexibility index (Phi) is 8.63. The molecule has 0 radical (unpaired) electrons. The minimum absolute atomic E-state index is 0.341. The molecule has 1 aromatic carbocycles. The highest BCUT2D eigenvalue weighted by Gasteiger charge is 2.12. The highest BCUT2D eigenvalue weighted by atomic mass is 16.3. The molecule has 0 spiro atoms. The number of hydrogen-bond donors (Lipinski definition) is 1. The molecule has 1 unspecified atom stereocenters. The van der Waals surface area contributed by atoms with Crippen LogP contribution in [0.4, 0.5) is 0 Å². The van der Waals surface area contributed by atoms with Gasteiger partial charge in [0.2, 0.25) is 0 Å². The molecule has 0 fully saturated rings. The summed E-state index contributed by atoms with van der Waals surface area (Å²) in [5.41, 5.74) is 1.03. The van der Waals surface area contributed by atoms with Crippen molar-refractivity contribution in [1.82, 2.24) is 4.90 Å². The zero-order valence-corrected chi connectivity index (χ0v) is 14.3. The smallest absolute Gasteiger partial charge is 0.0802 e. The Balaban J connectivity index is 2.43. The first-order valence-electron chi connectivity index (χ1n) is 8.44. The molecular formula is C19H33NO. The molecule has 120 valence electrons. The molecule has 2 heteroatoms. The van der Waals surface area contributed by atoms with E-state index in [0.29, 0.717) is 0 Å². The van der Waals surface area contributed by atoms with Crippen molar-refractivity contribution in [2.45, 2.75) is 53.1 Å². The quantitative estimate of drug-likeness (QED) is 0.686.